The highest BCUT2D eigenvalue weighted by molar-refractivity contribution is 7.88. The van der Waals surface area contributed by atoms with Gasteiger partial charge in [-0.15, -0.1) is 0 Å². The highest BCUT2D eigenvalue weighted by atomic mass is 32.2. The van der Waals surface area contributed by atoms with Crippen molar-refractivity contribution in [3.63, 3.8) is 0 Å². The minimum absolute atomic E-state index is 0.0173. The van der Waals surface area contributed by atoms with Crippen molar-refractivity contribution in [3.8, 4) is 0 Å². The van der Waals surface area contributed by atoms with Gasteiger partial charge < -0.3 is 5.11 Å². The predicted octanol–water partition coefficient (Wildman–Crippen LogP) is 1.81. The van der Waals surface area contributed by atoms with Crippen LogP contribution in [-0.2, 0) is 20.6 Å². The van der Waals surface area contributed by atoms with Crippen LogP contribution in [0.25, 0.3) is 0 Å². The molecule has 1 rings (SSSR count). The Labute approximate surface area is 117 Å². The van der Waals surface area contributed by atoms with Crippen molar-refractivity contribution in [2.75, 3.05) is 0 Å². The molecular formula is C13H18FNO4S. The summed E-state index contributed by atoms with van der Waals surface area (Å²) in [5.41, 5.74) is 0.703. The topological polar surface area (TPSA) is 83.5 Å². The maximum absolute atomic E-state index is 13.6. The molecule has 112 valence electrons. The second-order valence-electron chi connectivity index (χ2n) is 4.65. The van der Waals surface area contributed by atoms with Gasteiger partial charge >= 0.3 is 5.97 Å². The Balaban J connectivity index is 2.86. The van der Waals surface area contributed by atoms with E-state index >= 15 is 0 Å². The molecule has 0 aliphatic heterocycles. The third kappa shape index (κ3) is 4.90. The van der Waals surface area contributed by atoms with Crippen molar-refractivity contribution >= 4 is 16.0 Å². The Morgan fingerprint density at radius 3 is 2.60 bits per heavy atom. The highest BCUT2D eigenvalue weighted by Crippen LogP contribution is 2.13. The van der Waals surface area contributed by atoms with Gasteiger partial charge in [-0.25, -0.2) is 17.5 Å². The van der Waals surface area contributed by atoms with Crippen molar-refractivity contribution in [1.82, 2.24) is 4.72 Å². The molecule has 0 aliphatic carbocycles. The van der Waals surface area contributed by atoms with Crippen LogP contribution in [0.3, 0.4) is 0 Å². The average Bonchev–Trinajstić information content (AvgIpc) is 2.32. The summed E-state index contributed by atoms with van der Waals surface area (Å²) in [7, 11) is -3.91. The summed E-state index contributed by atoms with van der Waals surface area (Å²) in [6, 6.07) is 3.05. The van der Waals surface area contributed by atoms with E-state index in [0.29, 0.717) is 12.0 Å². The lowest BCUT2D eigenvalue weighted by Crippen LogP contribution is -2.41. The molecule has 0 amide bonds. The van der Waals surface area contributed by atoms with E-state index in [1.54, 1.807) is 19.9 Å². The lowest BCUT2D eigenvalue weighted by Gasteiger charge is -2.14. The van der Waals surface area contributed by atoms with Gasteiger partial charge in [0.25, 0.3) is 0 Å². The van der Waals surface area contributed by atoms with Crippen LogP contribution in [0.1, 0.15) is 30.9 Å². The first-order valence-corrected chi connectivity index (χ1v) is 7.88. The second kappa shape index (κ2) is 6.81. The monoisotopic (exact) mass is 303 g/mol. The number of rotatable bonds is 7. The first-order chi connectivity index (χ1) is 9.25. The first kappa shape index (κ1) is 16.6. The maximum atomic E-state index is 13.6. The molecule has 0 aliphatic rings. The minimum atomic E-state index is -3.91. The maximum Gasteiger partial charge on any atom is 0.321 e. The van der Waals surface area contributed by atoms with E-state index in [1.165, 1.54) is 12.1 Å². The van der Waals surface area contributed by atoms with Crippen molar-refractivity contribution in [2.45, 2.75) is 38.5 Å². The van der Waals surface area contributed by atoms with Crippen molar-refractivity contribution in [2.24, 2.45) is 0 Å². The van der Waals surface area contributed by atoms with Crippen LogP contribution >= 0.6 is 0 Å². The lowest BCUT2D eigenvalue weighted by atomic mass is 10.2. The Kier molecular flexibility index (Phi) is 5.64. The molecule has 7 heteroatoms. The van der Waals surface area contributed by atoms with Gasteiger partial charge in [-0.2, -0.15) is 0 Å². The molecule has 5 nitrogen and oxygen atoms in total. The quantitative estimate of drug-likeness (QED) is 0.804. The minimum Gasteiger partial charge on any atom is -0.480 e. The number of carboxylic acid groups (broad SMARTS) is 1. The van der Waals surface area contributed by atoms with Crippen LogP contribution in [0.4, 0.5) is 4.39 Å². The van der Waals surface area contributed by atoms with Gasteiger partial charge in [-0.05, 0) is 25.0 Å². The molecule has 0 saturated carbocycles. The van der Waals surface area contributed by atoms with Gasteiger partial charge in [-0.1, -0.05) is 25.5 Å². The number of carbonyl (C=O) groups is 1. The molecule has 1 aromatic carbocycles. The van der Waals surface area contributed by atoms with E-state index in [2.05, 4.69) is 4.72 Å². The number of halogens is 1. The lowest BCUT2D eigenvalue weighted by molar-refractivity contribution is -0.139. The highest BCUT2D eigenvalue weighted by Gasteiger charge is 2.24. The van der Waals surface area contributed by atoms with Crippen LogP contribution < -0.4 is 4.72 Å². The Bertz CT molecular complexity index is 586. The number of sulfonamides is 1. The molecule has 1 atom stereocenters. The van der Waals surface area contributed by atoms with Crippen LogP contribution in [-0.4, -0.2) is 25.5 Å². The zero-order chi connectivity index (χ0) is 15.3. The molecular weight excluding hydrogens is 285 g/mol. The zero-order valence-electron chi connectivity index (χ0n) is 11.4. The van der Waals surface area contributed by atoms with Crippen molar-refractivity contribution < 1.29 is 22.7 Å². The summed E-state index contributed by atoms with van der Waals surface area (Å²) < 4.78 is 39.5. The van der Waals surface area contributed by atoms with E-state index in [1.807, 2.05) is 0 Å². The van der Waals surface area contributed by atoms with Gasteiger partial charge in [0, 0.05) is 5.56 Å². The Hall–Kier alpha value is -1.47. The first-order valence-electron chi connectivity index (χ1n) is 6.23. The smallest absolute Gasteiger partial charge is 0.321 e. The normalized spacial score (nSPS) is 13.2. The molecule has 20 heavy (non-hydrogen) atoms. The zero-order valence-corrected chi connectivity index (χ0v) is 12.2. The molecule has 0 fully saturated rings. The summed E-state index contributed by atoms with van der Waals surface area (Å²) >= 11 is 0. The molecule has 0 aromatic heterocycles. The molecule has 0 spiro atoms. The fourth-order valence-corrected chi connectivity index (χ4v) is 3.13. The largest absolute Gasteiger partial charge is 0.480 e. The fraction of sp³-hybridized carbons (Fsp3) is 0.462. The molecule has 1 aromatic rings. The van der Waals surface area contributed by atoms with Gasteiger partial charge in [0.15, 0.2) is 0 Å². The number of benzene rings is 1. The summed E-state index contributed by atoms with van der Waals surface area (Å²) in [5.74, 6) is -2.43. The van der Waals surface area contributed by atoms with Gasteiger partial charge in [-0.3, -0.25) is 4.79 Å². The van der Waals surface area contributed by atoms with Gasteiger partial charge in [0.2, 0.25) is 10.0 Å². The summed E-state index contributed by atoms with van der Waals surface area (Å²) in [6.07, 6.45) is 0.712. The number of aryl methyl sites for hydroxylation is 1. The third-order valence-corrected chi connectivity index (χ3v) is 4.09. The van der Waals surface area contributed by atoms with E-state index in [9.17, 15) is 17.6 Å². The summed E-state index contributed by atoms with van der Waals surface area (Å²) in [4.78, 5) is 10.9. The average molecular weight is 303 g/mol. The molecule has 0 bridgehead atoms. The van der Waals surface area contributed by atoms with Crippen molar-refractivity contribution in [3.05, 3.63) is 35.1 Å². The van der Waals surface area contributed by atoms with E-state index in [-0.39, 0.29) is 12.0 Å². The molecule has 0 saturated heterocycles. The Morgan fingerprint density at radius 2 is 2.10 bits per heavy atom. The van der Waals surface area contributed by atoms with E-state index < -0.39 is 33.6 Å². The fourth-order valence-electron chi connectivity index (χ4n) is 1.75. The van der Waals surface area contributed by atoms with Crippen molar-refractivity contribution in [1.29, 1.82) is 0 Å². The molecule has 0 radical (unpaired) electrons. The van der Waals surface area contributed by atoms with Crippen LogP contribution in [0, 0.1) is 12.7 Å². The number of nitrogens with one attached hydrogen (secondary N) is 1. The number of aliphatic carboxylic acids is 1. The number of carboxylic acids is 1. The van der Waals surface area contributed by atoms with Gasteiger partial charge in [0.05, 0.1) is 5.75 Å². The molecule has 1 unspecified atom stereocenters. The van der Waals surface area contributed by atoms with Gasteiger partial charge in [0.1, 0.15) is 11.9 Å². The molecule has 0 heterocycles. The number of hydrogen-bond acceptors (Lipinski definition) is 3. The van der Waals surface area contributed by atoms with Crippen LogP contribution in [0.2, 0.25) is 0 Å². The second-order valence-corrected chi connectivity index (χ2v) is 6.41. The van der Waals surface area contributed by atoms with E-state index in [4.69, 9.17) is 5.11 Å². The third-order valence-electron chi connectivity index (χ3n) is 2.75. The summed E-state index contributed by atoms with van der Waals surface area (Å²) in [6.45, 7) is 3.45. The Morgan fingerprint density at radius 1 is 1.45 bits per heavy atom. The predicted molar refractivity (Wildman–Crippen MR) is 73.2 cm³/mol. The van der Waals surface area contributed by atoms with Crippen LogP contribution in [0.15, 0.2) is 18.2 Å². The summed E-state index contributed by atoms with van der Waals surface area (Å²) in [5, 5.41) is 8.92. The molecule has 2 N–H and O–H groups in total. The number of hydrogen-bond donors (Lipinski definition) is 2. The standard InChI is InChI=1S/C13H18FNO4S/c1-3-4-12(13(16)17)15-20(18,19)8-10-6-5-9(2)7-11(10)14/h5-7,12,15H,3-4,8H2,1-2H3,(H,16,17). The SMILES string of the molecule is CCCC(NS(=O)(=O)Cc1ccc(C)cc1F)C(=O)O. The van der Waals surface area contributed by atoms with E-state index in [0.717, 1.165) is 0 Å². The van der Waals surface area contributed by atoms with Crippen LogP contribution in [0.5, 0.6) is 0 Å².